The van der Waals surface area contributed by atoms with Crippen molar-refractivity contribution in [2.45, 2.75) is 56.8 Å². The minimum Gasteiger partial charge on any atom is -0.328 e. The molecule has 2 N–H and O–H groups in total. The summed E-state index contributed by atoms with van der Waals surface area (Å²) in [5, 5.41) is 0. The number of piperidine rings is 1. The van der Waals surface area contributed by atoms with E-state index in [2.05, 4.69) is 16.8 Å². The number of pyridine rings is 1. The van der Waals surface area contributed by atoms with Crippen LogP contribution in [0.5, 0.6) is 0 Å². The molecule has 18 heavy (non-hydrogen) atoms. The fraction of sp³-hybridized carbons (Fsp3) is 0.643. The van der Waals surface area contributed by atoms with E-state index in [1.807, 2.05) is 0 Å². The molecule has 2 aliphatic rings. The Morgan fingerprint density at radius 2 is 2.00 bits per heavy atom. The molecule has 0 saturated carbocycles. The van der Waals surface area contributed by atoms with Crippen LogP contribution in [0.3, 0.4) is 0 Å². The van der Waals surface area contributed by atoms with Crippen LogP contribution in [0, 0.1) is 5.82 Å². The van der Waals surface area contributed by atoms with Crippen LogP contribution in [0.1, 0.15) is 44.3 Å². The Hall–Kier alpha value is -1.00. The SMILES string of the molecule is CC(c1ccc(F)cn1)N1C2CCC1CC(N)C2. The predicted molar refractivity (Wildman–Crippen MR) is 68.5 cm³/mol. The number of hydrogen-bond acceptors (Lipinski definition) is 3. The molecule has 0 aromatic carbocycles. The van der Waals surface area contributed by atoms with E-state index in [1.165, 1.54) is 25.1 Å². The van der Waals surface area contributed by atoms with E-state index in [0.717, 1.165) is 18.5 Å². The zero-order chi connectivity index (χ0) is 12.7. The maximum Gasteiger partial charge on any atom is 0.141 e. The van der Waals surface area contributed by atoms with E-state index >= 15 is 0 Å². The van der Waals surface area contributed by atoms with Gasteiger partial charge in [-0.1, -0.05) is 0 Å². The van der Waals surface area contributed by atoms with Crippen LogP contribution in [0.15, 0.2) is 18.3 Å². The Labute approximate surface area is 107 Å². The van der Waals surface area contributed by atoms with Crippen LogP contribution in [0.4, 0.5) is 4.39 Å². The number of hydrogen-bond donors (Lipinski definition) is 1. The van der Waals surface area contributed by atoms with E-state index < -0.39 is 0 Å². The third kappa shape index (κ3) is 2.04. The summed E-state index contributed by atoms with van der Waals surface area (Å²) in [6.07, 6.45) is 5.96. The second kappa shape index (κ2) is 4.59. The van der Waals surface area contributed by atoms with Crippen molar-refractivity contribution in [1.29, 1.82) is 0 Å². The van der Waals surface area contributed by atoms with Crippen molar-refractivity contribution >= 4 is 0 Å². The van der Waals surface area contributed by atoms with Crippen LogP contribution in [0.25, 0.3) is 0 Å². The van der Waals surface area contributed by atoms with E-state index in [4.69, 9.17) is 5.73 Å². The van der Waals surface area contributed by atoms with Gasteiger partial charge in [0.2, 0.25) is 0 Å². The Bertz CT molecular complexity index is 406. The van der Waals surface area contributed by atoms with Crippen molar-refractivity contribution in [3.63, 3.8) is 0 Å². The number of rotatable bonds is 2. The molecule has 3 heterocycles. The van der Waals surface area contributed by atoms with E-state index in [-0.39, 0.29) is 11.9 Å². The molecule has 3 unspecified atom stereocenters. The van der Waals surface area contributed by atoms with E-state index in [1.54, 1.807) is 6.07 Å². The highest BCUT2D eigenvalue weighted by molar-refractivity contribution is 5.12. The van der Waals surface area contributed by atoms with Crippen molar-refractivity contribution < 1.29 is 4.39 Å². The molecule has 0 spiro atoms. The molecule has 2 saturated heterocycles. The van der Waals surface area contributed by atoms with E-state index in [9.17, 15) is 4.39 Å². The maximum absolute atomic E-state index is 12.9. The van der Waals surface area contributed by atoms with Gasteiger partial charge in [-0.05, 0) is 44.7 Å². The highest BCUT2D eigenvalue weighted by Gasteiger charge is 2.42. The number of halogens is 1. The summed E-state index contributed by atoms with van der Waals surface area (Å²) >= 11 is 0. The van der Waals surface area contributed by atoms with Crippen LogP contribution >= 0.6 is 0 Å². The van der Waals surface area contributed by atoms with Gasteiger partial charge in [-0.2, -0.15) is 0 Å². The van der Waals surface area contributed by atoms with Gasteiger partial charge in [0.05, 0.1) is 11.9 Å². The Morgan fingerprint density at radius 1 is 1.33 bits per heavy atom. The lowest BCUT2D eigenvalue weighted by Gasteiger charge is -2.41. The van der Waals surface area contributed by atoms with Gasteiger partial charge in [0.1, 0.15) is 5.82 Å². The van der Waals surface area contributed by atoms with Crippen molar-refractivity contribution in [1.82, 2.24) is 9.88 Å². The minimum atomic E-state index is -0.269. The lowest BCUT2D eigenvalue weighted by Crippen LogP contribution is -2.48. The number of aromatic nitrogens is 1. The molecule has 2 bridgehead atoms. The lowest BCUT2D eigenvalue weighted by atomic mass is 9.95. The van der Waals surface area contributed by atoms with E-state index in [0.29, 0.717) is 18.1 Å². The summed E-state index contributed by atoms with van der Waals surface area (Å²) < 4.78 is 12.9. The standard InChI is InChI=1S/C14H20FN3/c1-9(14-5-2-10(15)8-17-14)18-12-3-4-13(18)7-11(16)6-12/h2,5,8-9,11-13H,3-4,6-7,16H2,1H3. The van der Waals surface area contributed by atoms with Gasteiger partial charge < -0.3 is 5.73 Å². The van der Waals surface area contributed by atoms with Crippen LogP contribution in [-0.4, -0.2) is 28.0 Å². The molecule has 3 atom stereocenters. The average Bonchev–Trinajstić information content (AvgIpc) is 2.62. The molecule has 3 rings (SSSR count). The molecule has 98 valence electrons. The first kappa shape index (κ1) is 12.1. The molecule has 4 heteroatoms. The van der Waals surface area contributed by atoms with Crippen LogP contribution in [0.2, 0.25) is 0 Å². The lowest BCUT2D eigenvalue weighted by molar-refractivity contribution is 0.0834. The second-order valence-corrected chi connectivity index (χ2v) is 5.64. The van der Waals surface area contributed by atoms with Crippen LogP contribution < -0.4 is 5.73 Å². The first-order valence-electron chi connectivity index (χ1n) is 6.79. The fourth-order valence-electron chi connectivity index (χ4n) is 3.67. The number of nitrogens with zero attached hydrogens (tertiary/aromatic N) is 2. The summed E-state index contributed by atoms with van der Waals surface area (Å²) in [4.78, 5) is 6.77. The molecule has 1 aromatic heterocycles. The molecular weight excluding hydrogens is 229 g/mol. The number of fused-ring (bicyclic) bond motifs is 2. The molecule has 2 fully saturated rings. The summed E-state index contributed by atoms with van der Waals surface area (Å²) in [5.41, 5.74) is 7.05. The minimum absolute atomic E-state index is 0.260. The average molecular weight is 249 g/mol. The normalized spacial score (nSPS) is 33.6. The summed E-state index contributed by atoms with van der Waals surface area (Å²) in [7, 11) is 0. The zero-order valence-corrected chi connectivity index (χ0v) is 10.7. The Kier molecular flexibility index (Phi) is 3.08. The van der Waals surface area contributed by atoms with Crippen molar-refractivity contribution in [2.75, 3.05) is 0 Å². The highest BCUT2D eigenvalue weighted by atomic mass is 19.1. The summed E-state index contributed by atoms with van der Waals surface area (Å²) in [6.45, 7) is 2.17. The Balaban J connectivity index is 1.81. The molecule has 2 aliphatic heterocycles. The third-order valence-electron chi connectivity index (χ3n) is 4.45. The fourth-order valence-corrected chi connectivity index (χ4v) is 3.67. The molecule has 1 aromatic rings. The summed E-state index contributed by atoms with van der Waals surface area (Å²) in [5.74, 6) is -0.269. The van der Waals surface area contributed by atoms with Gasteiger partial charge >= 0.3 is 0 Å². The van der Waals surface area contributed by atoms with Gasteiger partial charge in [-0.15, -0.1) is 0 Å². The van der Waals surface area contributed by atoms with Gasteiger partial charge in [0.25, 0.3) is 0 Å². The molecule has 0 amide bonds. The quantitative estimate of drug-likeness (QED) is 0.874. The number of nitrogens with two attached hydrogens (primary N) is 1. The molecule has 3 nitrogen and oxygen atoms in total. The van der Waals surface area contributed by atoms with Crippen LogP contribution in [-0.2, 0) is 0 Å². The zero-order valence-electron chi connectivity index (χ0n) is 10.7. The first-order valence-corrected chi connectivity index (χ1v) is 6.79. The third-order valence-corrected chi connectivity index (χ3v) is 4.45. The molecule has 0 radical (unpaired) electrons. The Morgan fingerprint density at radius 3 is 2.56 bits per heavy atom. The van der Waals surface area contributed by atoms with Gasteiger partial charge in [-0.3, -0.25) is 9.88 Å². The second-order valence-electron chi connectivity index (χ2n) is 5.64. The van der Waals surface area contributed by atoms with Gasteiger partial charge in [0, 0.05) is 24.2 Å². The van der Waals surface area contributed by atoms with Crippen molar-refractivity contribution in [3.05, 3.63) is 29.8 Å². The van der Waals surface area contributed by atoms with Crippen molar-refractivity contribution in [3.8, 4) is 0 Å². The monoisotopic (exact) mass is 249 g/mol. The topological polar surface area (TPSA) is 42.2 Å². The first-order chi connectivity index (χ1) is 8.65. The van der Waals surface area contributed by atoms with Gasteiger partial charge in [0.15, 0.2) is 0 Å². The smallest absolute Gasteiger partial charge is 0.141 e. The maximum atomic E-state index is 12.9. The summed E-state index contributed by atoms with van der Waals surface area (Å²) in [6, 6.07) is 5.08. The highest BCUT2D eigenvalue weighted by Crippen LogP contribution is 2.40. The van der Waals surface area contributed by atoms with Crippen molar-refractivity contribution in [2.24, 2.45) is 5.73 Å². The predicted octanol–water partition coefficient (Wildman–Crippen LogP) is 2.24. The molecule has 0 aliphatic carbocycles. The van der Waals surface area contributed by atoms with Gasteiger partial charge in [-0.25, -0.2) is 4.39 Å². The largest absolute Gasteiger partial charge is 0.328 e. The molecular formula is C14H20FN3.